The Morgan fingerprint density at radius 3 is 1.83 bits per heavy atom. The normalized spacial score (nSPS) is 22.0. The summed E-state index contributed by atoms with van der Waals surface area (Å²) in [5, 5.41) is 0. The fourth-order valence-electron chi connectivity index (χ4n) is 10.7. The first-order chi connectivity index (χ1) is 28.5. The number of nitrogens with zero attached hydrogens (tertiary/aromatic N) is 2. The molecule has 3 heteroatoms. The summed E-state index contributed by atoms with van der Waals surface area (Å²) in [6, 6.07) is 56.9. The summed E-state index contributed by atoms with van der Waals surface area (Å²) in [7, 11) is 0. The van der Waals surface area contributed by atoms with Gasteiger partial charge < -0.3 is 4.74 Å². The van der Waals surface area contributed by atoms with Crippen LogP contribution in [0.2, 0.25) is 0 Å². The second kappa shape index (κ2) is 13.2. The van der Waals surface area contributed by atoms with Crippen molar-refractivity contribution in [2.75, 3.05) is 0 Å². The molecule has 2 heterocycles. The topological polar surface area (TPSA) is 35.0 Å². The standard InChI is InChI=1S/C55H44N2O/c1-53-33-15-16-34-54(53,2)58-51-32-31-41(35-48(51)55(53)46-25-13-11-22-43(46)44-23-12-14-26-47(44)55)37-27-29-40(30-28-37)52-56-49(39-19-7-4-8-20-39)36-50(57-52)45-24-10-9-21-42(45)38-17-5-3-6-18-38/h3-29,31-32,35-36,40H,30,33-34H2,1-2H3. The largest absolute Gasteiger partial charge is 0.486 e. The van der Waals surface area contributed by atoms with Crippen molar-refractivity contribution in [2.24, 2.45) is 5.41 Å². The fourth-order valence-corrected chi connectivity index (χ4v) is 10.7. The van der Waals surface area contributed by atoms with Gasteiger partial charge in [-0.05, 0) is 82.5 Å². The van der Waals surface area contributed by atoms with Crippen LogP contribution < -0.4 is 4.74 Å². The highest BCUT2D eigenvalue weighted by Crippen LogP contribution is 2.70. The number of fused-ring (bicyclic) bond motifs is 9. The van der Waals surface area contributed by atoms with Gasteiger partial charge in [-0.25, -0.2) is 9.97 Å². The highest BCUT2D eigenvalue weighted by atomic mass is 16.5. The fraction of sp³-hybridized carbons (Fsp3) is 0.164. The Morgan fingerprint density at radius 1 is 0.534 bits per heavy atom. The molecular weight excluding hydrogens is 705 g/mol. The minimum atomic E-state index is -0.386. The van der Waals surface area contributed by atoms with E-state index in [1.807, 2.05) is 0 Å². The van der Waals surface area contributed by atoms with Gasteiger partial charge >= 0.3 is 0 Å². The first-order valence-corrected chi connectivity index (χ1v) is 20.6. The summed E-state index contributed by atoms with van der Waals surface area (Å²) < 4.78 is 7.19. The second-order valence-corrected chi connectivity index (χ2v) is 16.7. The van der Waals surface area contributed by atoms with Gasteiger partial charge in [-0.3, -0.25) is 0 Å². The van der Waals surface area contributed by atoms with Gasteiger partial charge in [-0.15, -0.1) is 0 Å². The SMILES string of the molecule is CC12CC=CCC1(C)C1(c3cc(C4=CCC(c5nc(-c6ccccc6)cc(-c6ccccc6-c6ccccc6)n5)C=C4)ccc3O2)c2ccccc2-c2ccccc21. The number of hydrogen-bond acceptors (Lipinski definition) is 3. The Balaban J connectivity index is 1.01. The van der Waals surface area contributed by atoms with E-state index >= 15 is 0 Å². The average molecular weight is 749 g/mol. The van der Waals surface area contributed by atoms with Crippen molar-refractivity contribution in [3.8, 4) is 50.5 Å². The molecule has 3 unspecified atom stereocenters. The van der Waals surface area contributed by atoms with E-state index in [2.05, 4.69) is 202 Å². The first kappa shape index (κ1) is 34.7. The van der Waals surface area contributed by atoms with Crippen molar-refractivity contribution in [3.63, 3.8) is 0 Å². The summed E-state index contributed by atoms with van der Waals surface area (Å²) in [5.41, 5.74) is 14.5. The molecule has 1 aliphatic heterocycles. The number of allylic oxidation sites excluding steroid dienone is 5. The second-order valence-electron chi connectivity index (χ2n) is 16.7. The van der Waals surface area contributed by atoms with Gasteiger partial charge in [-0.2, -0.15) is 0 Å². The lowest BCUT2D eigenvalue weighted by Gasteiger charge is -2.61. The smallest absolute Gasteiger partial charge is 0.136 e. The van der Waals surface area contributed by atoms with E-state index in [9.17, 15) is 0 Å². The highest BCUT2D eigenvalue weighted by Gasteiger charge is 2.67. The van der Waals surface area contributed by atoms with E-state index in [-0.39, 0.29) is 22.3 Å². The zero-order valence-electron chi connectivity index (χ0n) is 32.9. The van der Waals surface area contributed by atoms with Crippen LogP contribution in [-0.2, 0) is 5.41 Å². The summed E-state index contributed by atoms with van der Waals surface area (Å²) in [4.78, 5) is 10.6. The van der Waals surface area contributed by atoms with E-state index in [0.717, 1.165) is 58.9 Å². The Morgan fingerprint density at radius 2 is 1.14 bits per heavy atom. The molecule has 0 saturated carbocycles. The number of aromatic nitrogens is 2. The molecule has 1 aromatic heterocycles. The minimum Gasteiger partial charge on any atom is -0.486 e. The van der Waals surface area contributed by atoms with Crippen molar-refractivity contribution in [3.05, 3.63) is 216 Å². The van der Waals surface area contributed by atoms with Gasteiger partial charge in [0.2, 0.25) is 0 Å². The number of ether oxygens (including phenoxy) is 1. The predicted octanol–water partition coefficient (Wildman–Crippen LogP) is 13.4. The van der Waals surface area contributed by atoms with Crippen LogP contribution in [0.5, 0.6) is 5.75 Å². The van der Waals surface area contributed by atoms with Crippen LogP contribution in [0.15, 0.2) is 188 Å². The van der Waals surface area contributed by atoms with E-state index in [4.69, 9.17) is 14.7 Å². The Hall–Kier alpha value is -6.58. The van der Waals surface area contributed by atoms with Crippen molar-refractivity contribution in [1.82, 2.24) is 9.97 Å². The van der Waals surface area contributed by atoms with E-state index in [0.29, 0.717) is 0 Å². The van der Waals surface area contributed by atoms with Crippen LogP contribution in [0.1, 0.15) is 67.1 Å². The predicted molar refractivity (Wildman–Crippen MR) is 237 cm³/mol. The quantitative estimate of drug-likeness (QED) is 0.164. The molecule has 4 aliphatic rings. The molecule has 0 radical (unpaired) electrons. The summed E-state index contributed by atoms with van der Waals surface area (Å²) in [5.74, 6) is 1.85. The lowest BCUT2D eigenvalue weighted by Crippen LogP contribution is -2.63. The first-order valence-electron chi connectivity index (χ1n) is 20.6. The number of rotatable bonds is 5. The molecule has 0 N–H and O–H groups in total. The van der Waals surface area contributed by atoms with E-state index in [1.54, 1.807) is 0 Å². The van der Waals surface area contributed by atoms with Gasteiger partial charge in [0, 0.05) is 34.4 Å². The monoisotopic (exact) mass is 748 g/mol. The lowest BCUT2D eigenvalue weighted by atomic mass is 9.46. The van der Waals surface area contributed by atoms with Crippen LogP contribution in [-0.4, -0.2) is 15.6 Å². The number of benzene rings is 6. The van der Waals surface area contributed by atoms with Gasteiger partial charge in [0.05, 0.1) is 16.8 Å². The summed E-state index contributed by atoms with van der Waals surface area (Å²) >= 11 is 0. The molecule has 3 atom stereocenters. The molecule has 1 spiro atoms. The highest BCUT2D eigenvalue weighted by molar-refractivity contribution is 5.87. The van der Waals surface area contributed by atoms with Crippen LogP contribution in [0.4, 0.5) is 0 Å². The molecule has 6 aromatic carbocycles. The molecule has 0 saturated heterocycles. The minimum absolute atomic E-state index is 0.0320. The molecule has 58 heavy (non-hydrogen) atoms. The Labute approximate surface area is 341 Å². The molecule has 0 fully saturated rings. The molecule has 0 amide bonds. The van der Waals surface area contributed by atoms with Crippen LogP contribution in [0.3, 0.4) is 0 Å². The van der Waals surface area contributed by atoms with Crippen molar-refractivity contribution >= 4 is 5.57 Å². The maximum Gasteiger partial charge on any atom is 0.136 e. The molecule has 3 nitrogen and oxygen atoms in total. The zero-order chi connectivity index (χ0) is 38.9. The third-order valence-corrected chi connectivity index (χ3v) is 13.7. The molecule has 0 bridgehead atoms. The third kappa shape index (κ3) is 5.05. The molecule has 11 rings (SSSR count). The lowest BCUT2D eigenvalue weighted by molar-refractivity contribution is -0.0866. The maximum atomic E-state index is 7.19. The van der Waals surface area contributed by atoms with E-state index < -0.39 is 0 Å². The Kier molecular flexibility index (Phi) is 7.91. The van der Waals surface area contributed by atoms with Gasteiger partial charge in [0.1, 0.15) is 17.2 Å². The zero-order valence-corrected chi connectivity index (χ0v) is 32.9. The molecule has 7 aromatic rings. The maximum absolute atomic E-state index is 7.19. The summed E-state index contributed by atoms with van der Waals surface area (Å²) in [6.07, 6.45) is 14.3. The number of hydrogen-bond donors (Lipinski definition) is 0. The van der Waals surface area contributed by atoms with Gasteiger partial charge in [0.15, 0.2) is 0 Å². The Bertz CT molecular complexity index is 2790. The average Bonchev–Trinajstić information content (AvgIpc) is 3.59. The molecule has 280 valence electrons. The van der Waals surface area contributed by atoms with Crippen LogP contribution in [0.25, 0.3) is 50.3 Å². The van der Waals surface area contributed by atoms with E-state index in [1.165, 1.54) is 44.5 Å². The molecule has 3 aliphatic carbocycles. The van der Waals surface area contributed by atoms with Crippen molar-refractivity contribution in [1.29, 1.82) is 0 Å². The molecular formula is C55H44N2O. The van der Waals surface area contributed by atoms with Gasteiger partial charge in [-0.1, -0.05) is 177 Å². The summed E-state index contributed by atoms with van der Waals surface area (Å²) in [6.45, 7) is 4.82. The van der Waals surface area contributed by atoms with Crippen LogP contribution in [0, 0.1) is 5.41 Å². The van der Waals surface area contributed by atoms with Gasteiger partial charge in [0.25, 0.3) is 0 Å². The van der Waals surface area contributed by atoms with Crippen molar-refractivity contribution in [2.45, 2.75) is 50.0 Å². The van der Waals surface area contributed by atoms with Crippen molar-refractivity contribution < 1.29 is 4.74 Å². The third-order valence-electron chi connectivity index (χ3n) is 13.7. The van der Waals surface area contributed by atoms with Crippen LogP contribution >= 0.6 is 0 Å².